The van der Waals surface area contributed by atoms with Crippen molar-refractivity contribution in [3.8, 4) is 0 Å². The summed E-state index contributed by atoms with van der Waals surface area (Å²) < 4.78 is 2.11. The number of rotatable bonds is 4. The van der Waals surface area contributed by atoms with Crippen molar-refractivity contribution in [2.24, 2.45) is 0 Å². The van der Waals surface area contributed by atoms with E-state index in [1.165, 1.54) is 64.2 Å². The molecule has 112 valence electrons. The van der Waals surface area contributed by atoms with E-state index in [4.69, 9.17) is 0 Å². The zero-order valence-corrected chi connectivity index (χ0v) is 12.7. The number of nitrogens with zero attached hydrogens (tertiary/aromatic N) is 5. The van der Waals surface area contributed by atoms with Crippen LogP contribution >= 0.6 is 0 Å². The predicted octanol–water partition coefficient (Wildman–Crippen LogP) is 2.94. The lowest BCUT2D eigenvalue weighted by Crippen LogP contribution is -2.34. The Morgan fingerprint density at radius 3 is 2.35 bits per heavy atom. The van der Waals surface area contributed by atoms with Crippen LogP contribution in [0.4, 0.5) is 0 Å². The highest BCUT2D eigenvalue weighted by Crippen LogP contribution is 2.28. The fourth-order valence-corrected chi connectivity index (χ4v) is 3.80. The molecule has 2 saturated carbocycles. The van der Waals surface area contributed by atoms with Crippen molar-refractivity contribution >= 4 is 0 Å². The zero-order chi connectivity index (χ0) is 13.8. The normalized spacial score (nSPS) is 22.5. The fraction of sp³-hybridized carbons (Fsp3) is 0.933. The van der Waals surface area contributed by atoms with Crippen LogP contribution in [0.25, 0.3) is 0 Å². The van der Waals surface area contributed by atoms with Crippen LogP contribution in [0, 0.1) is 0 Å². The third-order valence-electron chi connectivity index (χ3n) is 5.07. The Bertz CT molecular complexity index is 404. The van der Waals surface area contributed by atoms with Crippen molar-refractivity contribution in [1.82, 2.24) is 25.1 Å². The van der Waals surface area contributed by atoms with Crippen LogP contribution in [0.5, 0.6) is 0 Å². The largest absolute Gasteiger partial charge is 0.296 e. The first kappa shape index (κ1) is 14.0. The second-order valence-electron chi connectivity index (χ2n) is 6.54. The molecule has 2 aliphatic rings. The molecule has 2 aliphatic carbocycles. The van der Waals surface area contributed by atoms with E-state index in [0.717, 1.165) is 18.4 Å². The monoisotopic (exact) mass is 277 g/mol. The van der Waals surface area contributed by atoms with Crippen molar-refractivity contribution in [2.75, 3.05) is 7.05 Å². The summed E-state index contributed by atoms with van der Waals surface area (Å²) in [5.74, 6) is 1.06. The Hall–Kier alpha value is -0.970. The Balaban J connectivity index is 1.63. The highest BCUT2D eigenvalue weighted by atomic mass is 15.6. The quantitative estimate of drug-likeness (QED) is 0.849. The first-order chi connectivity index (χ1) is 9.84. The fourth-order valence-electron chi connectivity index (χ4n) is 3.80. The Morgan fingerprint density at radius 2 is 1.65 bits per heavy atom. The molecular formula is C15H27N5. The van der Waals surface area contributed by atoms with Gasteiger partial charge in [0.05, 0.1) is 12.6 Å². The summed E-state index contributed by atoms with van der Waals surface area (Å²) in [5.41, 5.74) is 0. The summed E-state index contributed by atoms with van der Waals surface area (Å²) in [6.45, 7) is 0.897. The molecule has 0 aromatic carbocycles. The molecule has 20 heavy (non-hydrogen) atoms. The van der Waals surface area contributed by atoms with E-state index in [1.807, 2.05) is 0 Å². The van der Waals surface area contributed by atoms with Crippen molar-refractivity contribution in [3.63, 3.8) is 0 Å². The van der Waals surface area contributed by atoms with Crippen LogP contribution in [0.1, 0.15) is 76.1 Å². The average molecular weight is 277 g/mol. The third-order valence-corrected chi connectivity index (χ3v) is 5.07. The van der Waals surface area contributed by atoms with Crippen LogP contribution in [0.15, 0.2) is 0 Å². The molecule has 0 spiro atoms. The van der Waals surface area contributed by atoms with Gasteiger partial charge in [0.25, 0.3) is 0 Å². The molecule has 0 bridgehead atoms. The molecule has 5 nitrogen and oxygen atoms in total. The first-order valence-electron chi connectivity index (χ1n) is 8.31. The van der Waals surface area contributed by atoms with Gasteiger partial charge < -0.3 is 0 Å². The standard InChI is InChI=1S/C15H27N5/c1-19(13-8-4-2-5-9-13)12-15-16-17-18-20(15)14-10-6-3-7-11-14/h13-14H,2-12H2,1H3. The van der Waals surface area contributed by atoms with Gasteiger partial charge in [-0.1, -0.05) is 38.5 Å². The average Bonchev–Trinajstić information content (AvgIpc) is 2.97. The van der Waals surface area contributed by atoms with Gasteiger partial charge in [0.1, 0.15) is 0 Å². The van der Waals surface area contributed by atoms with Gasteiger partial charge in [-0.25, -0.2) is 4.68 Å². The van der Waals surface area contributed by atoms with Gasteiger partial charge in [0.15, 0.2) is 5.82 Å². The maximum Gasteiger partial charge on any atom is 0.165 e. The summed E-state index contributed by atoms with van der Waals surface area (Å²) in [4.78, 5) is 2.46. The topological polar surface area (TPSA) is 46.8 Å². The third kappa shape index (κ3) is 3.19. The molecular weight excluding hydrogens is 250 g/mol. The van der Waals surface area contributed by atoms with Crippen LogP contribution in [-0.2, 0) is 6.54 Å². The lowest BCUT2D eigenvalue weighted by Gasteiger charge is -2.31. The molecule has 0 amide bonds. The van der Waals surface area contributed by atoms with E-state index in [9.17, 15) is 0 Å². The van der Waals surface area contributed by atoms with Gasteiger partial charge in [-0.15, -0.1) is 5.10 Å². The number of tetrazole rings is 1. The van der Waals surface area contributed by atoms with E-state index in [2.05, 4.69) is 32.2 Å². The Morgan fingerprint density at radius 1 is 1.00 bits per heavy atom. The van der Waals surface area contributed by atoms with E-state index >= 15 is 0 Å². The van der Waals surface area contributed by atoms with Crippen molar-refractivity contribution in [1.29, 1.82) is 0 Å². The minimum absolute atomic E-state index is 0.536. The molecule has 0 saturated heterocycles. The van der Waals surface area contributed by atoms with Crippen LogP contribution < -0.4 is 0 Å². The summed E-state index contributed by atoms with van der Waals surface area (Å²) in [5, 5.41) is 12.5. The van der Waals surface area contributed by atoms with E-state index in [1.54, 1.807) is 0 Å². The van der Waals surface area contributed by atoms with Gasteiger partial charge >= 0.3 is 0 Å². The maximum atomic E-state index is 4.29. The number of hydrogen-bond donors (Lipinski definition) is 0. The number of hydrogen-bond acceptors (Lipinski definition) is 4. The molecule has 0 unspecified atom stereocenters. The van der Waals surface area contributed by atoms with E-state index in [-0.39, 0.29) is 0 Å². The lowest BCUT2D eigenvalue weighted by atomic mass is 9.94. The second kappa shape index (κ2) is 6.66. The van der Waals surface area contributed by atoms with E-state index < -0.39 is 0 Å². The Kier molecular flexibility index (Phi) is 4.65. The van der Waals surface area contributed by atoms with Gasteiger partial charge in [-0.05, 0) is 43.2 Å². The molecule has 1 aromatic heterocycles. The van der Waals surface area contributed by atoms with Crippen LogP contribution in [0.2, 0.25) is 0 Å². The minimum Gasteiger partial charge on any atom is -0.296 e. The zero-order valence-electron chi connectivity index (χ0n) is 12.7. The van der Waals surface area contributed by atoms with Crippen LogP contribution in [0.3, 0.4) is 0 Å². The first-order valence-corrected chi connectivity index (χ1v) is 8.31. The SMILES string of the molecule is CN(Cc1nnnn1C1CCCCC1)C1CCCCC1. The second-order valence-corrected chi connectivity index (χ2v) is 6.54. The van der Waals surface area contributed by atoms with Gasteiger partial charge in [0.2, 0.25) is 0 Å². The number of aromatic nitrogens is 4. The molecule has 0 N–H and O–H groups in total. The van der Waals surface area contributed by atoms with Gasteiger partial charge in [-0.2, -0.15) is 0 Å². The van der Waals surface area contributed by atoms with E-state index in [0.29, 0.717) is 6.04 Å². The molecule has 2 fully saturated rings. The van der Waals surface area contributed by atoms with Crippen LogP contribution in [-0.4, -0.2) is 38.2 Å². The summed E-state index contributed by atoms with van der Waals surface area (Å²) in [7, 11) is 2.23. The summed E-state index contributed by atoms with van der Waals surface area (Å²) in [6.07, 6.45) is 13.3. The summed E-state index contributed by atoms with van der Waals surface area (Å²) >= 11 is 0. The highest BCUT2D eigenvalue weighted by molar-refractivity contribution is 4.87. The molecule has 0 radical (unpaired) electrons. The lowest BCUT2D eigenvalue weighted by molar-refractivity contribution is 0.174. The maximum absolute atomic E-state index is 4.29. The molecule has 0 aliphatic heterocycles. The smallest absolute Gasteiger partial charge is 0.165 e. The molecule has 5 heteroatoms. The molecule has 1 aromatic rings. The van der Waals surface area contributed by atoms with Gasteiger partial charge in [0, 0.05) is 6.04 Å². The summed E-state index contributed by atoms with van der Waals surface area (Å²) in [6, 6.07) is 1.26. The molecule has 0 atom stereocenters. The van der Waals surface area contributed by atoms with Crippen molar-refractivity contribution in [2.45, 2.75) is 82.8 Å². The minimum atomic E-state index is 0.536. The predicted molar refractivity (Wildman–Crippen MR) is 78.3 cm³/mol. The van der Waals surface area contributed by atoms with Gasteiger partial charge in [-0.3, -0.25) is 4.90 Å². The van der Waals surface area contributed by atoms with Crippen molar-refractivity contribution < 1.29 is 0 Å². The molecule has 3 rings (SSSR count). The molecule has 1 heterocycles. The Labute approximate surface area is 121 Å². The highest BCUT2D eigenvalue weighted by Gasteiger charge is 2.23. The van der Waals surface area contributed by atoms with Crippen molar-refractivity contribution in [3.05, 3.63) is 5.82 Å².